The predicted molar refractivity (Wildman–Crippen MR) is 67.4 cm³/mol. The predicted octanol–water partition coefficient (Wildman–Crippen LogP) is -1.60. The molecule has 0 spiro atoms. The summed E-state index contributed by atoms with van der Waals surface area (Å²) in [6.45, 7) is 0.267. The molecule has 0 aromatic rings. The van der Waals surface area contributed by atoms with Crippen LogP contribution in [-0.4, -0.2) is 60.1 Å². The first kappa shape index (κ1) is 14.8. The van der Waals surface area contributed by atoms with E-state index in [0.29, 0.717) is 6.42 Å². The lowest BCUT2D eigenvalue weighted by Crippen LogP contribution is -2.43. The number of hydrogen-bond acceptors (Lipinski definition) is 5. The van der Waals surface area contributed by atoms with Gasteiger partial charge in [0.2, 0.25) is 11.8 Å². The molecule has 4 N–H and O–H groups in total. The average molecular weight is 275 g/mol. The van der Waals surface area contributed by atoms with Crippen LogP contribution < -0.4 is 16.0 Å². The SMILES string of the molecule is O=C(O)CNC(=O)CNC(=O)CC1CSCCN1. The highest BCUT2D eigenvalue weighted by Crippen LogP contribution is 2.09. The number of thioether (sulfide) groups is 1. The molecule has 0 bridgehead atoms. The number of aliphatic carboxylic acids is 1. The van der Waals surface area contributed by atoms with Gasteiger partial charge in [0.25, 0.3) is 0 Å². The van der Waals surface area contributed by atoms with Crippen LogP contribution in [0.15, 0.2) is 0 Å². The number of carboxylic acids is 1. The molecule has 102 valence electrons. The molecular formula is C10H17N3O4S. The smallest absolute Gasteiger partial charge is 0.322 e. The third-order valence-corrected chi connectivity index (χ3v) is 3.44. The van der Waals surface area contributed by atoms with Crippen molar-refractivity contribution in [1.29, 1.82) is 0 Å². The summed E-state index contributed by atoms with van der Waals surface area (Å²) in [7, 11) is 0. The third-order valence-electron chi connectivity index (χ3n) is 2.31. The largest absolute Gasteiger partial charge is 0.480 e. The summed E-state index contributed by atoms with van der Waals surface area (Å²) in [4.78, 5) is 32.8. The van der Waals surface area contributed by atoms with Gasteiger partial charge in [-0.2, -0.15) is 11.8 Å². The Hall–Kier alpha value is -1.28. The lowest BCUT2D eigenvalue weighted by molar-refractivity contribution is -0.137. The lowest BCUT2D eigenvalue weighted by atomic mass is 10.2. The van der Waals surface area contributed by atoms with Crippen LogP contribution in [0.5, 0.6) is 0 Å². The maximum absolute atomic E-state index is 11.5. The molecule has 18 heavy (non-hydrogen) atoms. The quantitative estimate of drug-likeness (QED) is 0.465. The maximum Gasteiger partial charge on any atom is 0.322 e. The number of hydrogen-bond donors (Lipinski definition) is 4. The van der Waals surface area contributed by atoms with Crippen LogP contribution in [0.4, 0.5) is 0 Å². The second-order valence-electron chi connectivity index (χ2n) is 3.88. The first-order chi connectivity index (χ1) is 8.58. The molecule has 7 nitrogen and oxygen atoms in total. The first-order valence-electron chi connectivity index (χ1n) is 5.64. The topological polar surface area (TPSA) is 108 Å². The highest BCUT2D eigenvalue weighted by molar-refractivity contribution is 7.99. The molecule has 0 aromatic heterocycles. The molecule has 0 aliphatic carbocycles. The number of carboxylic acid groups (broad SMARTS) is 1. The van der Waals surface area contributed by atoms with E-state index in [9.17, 15) is 14.4 Å². The van der Waals surface area contributed by atoms with Gasteiger partial charge in [-0.1, -0.05) is 0 Å². The summed E-state index contributed by atoms with van der Waals surface area (Å²) in [5, 5.41) is 16.2. The van der Waals surface area contributed by atoms with Gasteiger partial charge in [0.05, 0.1) is 6.54 Å². The standard InChI is InChI=1S/C10H17N3O4S/c14-8(3-7-6-18-2-1-11-7)12-4-9(15)13-5-10(16)17/h7,11H,1-6H2,(H,12,14)(H,13,15)(H,16,17). The van der Waals surface area contributed by atoms with Gasteiger partial charge >= 0.3 is 5.97 Å². The van der Waals surface area contributed by atoms with E-state index >= 15 is 0 Å². The molecule has 1 rings (SSSR count). The van der Waals surface area contributed by atoms with Crippen molar-refractivity contribution in [1.82, 2.24) is 16.0 Å². The minimum absolute atomic E-state index is 0.144. The Morgan fingerprint density at radius 1 is 1.22 bits per heavy atom. The summed E-state index contributed by atoms with van der Waals surface area (Å²) in [6, 6.07) is 0.144. The van der Waals surface area contributed by atoms with E-state index < -0.39 is 18.4 Å². The number of amides is 2. The Morgan fingerprint density at radius 3 is 2.56 bits per heavy atom. The lowest BCUT2D eigenvalue weighted by Gasteiger charge is -2.22. The fraction of sp³-hybridized carbons (Fsp3) is 0.700. The van der Waals surface area contributed by atoms with Crippen molar-refractivity contribution in [3.05, 3.63) is 0 Å². The normalized spacial score (nSPS) is 19.0. The second kappa shape index (κ2) is 7.93. The Bertz CT molecular complexity index is 318. The van der Waals surface area contributed by atoms with E-state index in [0.717, 1.165) is 18.1 Å². The summed E-state index contributed by atoms with van der Waals surface area (Å²) >= 11 is 1.79. The molecule has 2 amide bonds. The summed E-state index contributed by atoms with van der Waals surface area (Å²) in [6.07, 6.45) is 0.333. The summed E-state index contributed by atoms with van der Waals surface area (Å²) in [5.74, 6) is 0.115. The van der Waals surface area contributed by atoms with Gasteiger partial charge in [-0.15, -0.1) is 0 Å². The zero-order chi connectivity index (χ0) is 13.4. The van der Waals surface area contributed by atoms with Crippen molar-refractivity contribution >= 4 is 29.5 Å². The van der Waals surface area contributed by atoms with E-state index in [1.54, 1.807) is 11.8 Å². The van der Waals surface area contributed by atoms with Crippen LogP contribution in [0.1, 0.15) is 6.42 Å². The van der Waals surface area contributed by atoms with Crippen LogP contribution in [0.3, 0.4) is 0 Å². The molecule has 8 heteroatoms. The zero-order valence-electron chi connectivity index (χ0n) is 9.90. The van der Waals surface area contributed by atoms with Crippen molar-refractivity contribution in [3.63, 3.8) is 0 Å². The molecular weight excluding hydrogens is 258 g/mol. The van der Waals surface area contributed by atoms with Gasteiger partial charge in [-0.05, 0) is 0 Å². The molecule has 1 heterocycles. The van der Waals surface area contributed by atoms with Crippen molar-refractivity contribution in [2.45, 2.75) is 12.5 Å². The van der Waals surface area contributed by atoms with Crippen molar-refractivity contribution < 1.29 is 19.5 Å². The minimum atomic E-state index is -1.11. The molecule has 1 aliphatic heterocycles. The highest BCUT2D eigenvalue weighted by Gasteiger charge is 2.16. The van der Waals surface area contributed by atoms with Crippen LogP contribution in [-0.2, 0) is 14.4 Å². The fourth-order valence-corrected chi connectivity index (χ4v) is 2.41. The van der Waals surface area contributed by atoms with Gasteiger partial charge < -0.3 is 21.1 Å². The van der Waals surface area contributed by atoms with E-state index in [1.807, 2.05) is 0 Å². The van der Waals surface area contributed by atoms with Crippen molar-refractivity contribution in [2.75, 3.05) is 31.1 Å². The molecule has 0 radical (unpaired) electrons. The molecule has 1 saturated heterocycles. The highest BCUT2D eigenvalue weighted by atomic mass is 32.2. The van der Waals surface area contributed by atoms with Gasteiger partial charge in [0, 0.05) is 30.5 Å². The van der Waals surface area contributed by atoms with E-state index in [-0.39, 0.29) is 18.5 Å². The Morgan fingerprint density at radius 2 is 1.94 bits per heavy atom. The maximum atomic E-state index is 11.5. The molecule has 1 atom stereocenters. The number of carbonyl (C=O) groups excluding carboxylic acids is 2. The van der Waals surface area contributed by atoms with E-state index in [1.165, 1.54) is 0 Å². The Balaban J connectivity index is 2.12. The van der Waals surface area contributed by atoms with Gasteiger partial charge in [-0.3, -0.25) is 14.4 Å². The van der Waals surface area contributed by atoms with Crippen LogP contribution in [0.2, 0.25) is 0 Å². The fourth-order valence-electron chi connectivity index (χ4n) is 1.46. The van der Waals surface area contributed by atoms with Crippen LogP contribution in [0.25, 0.3) is 0 Å². The molecule has 0 saturated carbocycles. The molecule has 1 aliphatic rings. The second-order valence-corrected chi connectivity index (χ2v) is 5.03. The minimum Gasteiger partial charge on any atom is -0.480 e. The van der Waals surface area contributed by atoms with Gasteiger partial charge in [0.15, 0.2) is 0 Å². The number of nitrogens with one attached hydrogen (secondary N) is 3. The first-order valence-corrected chi connectivity index (χ1v) is 6.79. The Labute approximate surface area is 109 Å². The van der Waals surface area contributed by atoms with Crippen molar-refractivity contribution in [2.24, 2.45) is 0 Å². The molecule has 1 unspecified atom stereocenters. The van der Waals surface area contributed by atoms with Crippen LogP contribution >= 0.6 is 11.8 Å². The van der Waals surface area contributed by atoms with E-state index in [2.05, 4.69) is 16.0 Å². The third kappa shape index (κ3) is 6.45. The van der Waals surface area contributed by atoms with E-state index in [4.69, 9.17) is 5.11 Å². The molecule has 1 fully saturated rings. The monoisotopic (exact) mass is 275 g/mol. The van der Waals surface area contributed by atoms with Gasteiger partial charge in [0.1, 0.15) is 6.54 Å². The Kier molecular flexibility index (Phi) is 6.51. The molecule has 0 aromatic carbocycles. The number of carbonyl (C=O) groups is 3. The number of rotatable bonds is 6. The average Bonchev–Trinajstić information content (AvgIpc) is 2.35. The van der Waals surface area contributed by atoms with Crippen LogP contribution in [0, 0.1) is 0 Å². The van der Waals surface area contributed by atoms with Crippen molar-refractivity contribution in [3.8, 4) is 0 Å². The summed E-state index contributed by atoms with van der Waals surface area (Å²) in [5.41, 5.74) is 0. The van der Waals surface area contributed by atoms with Gasteiger partial charge in [-0.25, -0.2) is 0 Å². The summed E-state index contributed by atoms with van der Waals surface area (Å²) < 4.78 is 0. The zero-order valence-corrected chi connectivity index (χ0v) is 10.7.